The molecular formula is C14H16O4. The Morgan fingerprint density at radius 1 is 1.28 bits per heavy atom. The van der Waals surface area contributed by atoms with Gasteiger partial charge in [-0.2, -0.15) is 0 Å². The third-order valence-corrected chi connectivity index (χ3v) is 2.13. The molecule has 0 heterocycles. The summed E-state index contributed by atoms with van der Waals surface area (Å²) in [5.41, 5.74) is 1.68. The van der Waals surface area contributed by atoms with Gasteiger partial charge in [0.25, 0.3) is 0 Å². The maximum Gasteiger partial charge on any atom is 0.331 e. The number of benzene rings is 1. The molecule has 0 aromatic heterocycles. The summed E-state index contributed by atoms with van der Waals surface area (Å²) in [5, 5.41) is 18.4. The molecule has 18 heavy (non-hydrogen) atoms. The predicted molar refractivity (Wildman–Crippen MR) is 69.2 cm³/mol. The van der Waals surface area contributed by atoms with Crippen LogP contribution in [0.25, 0.3) is 6.08 Å². The number of aromatic hydroxyl groups is 2. The van der Waals surface area contributed by atoms with Crippen molar-refractivity contribution in [3.63, 3.8) is 0 Å². The van der Waals surface area contributed by atoms with E-state index in [1.54, 1.807) is 12.1 Å². The average molecular weight is 248 g/mol. The number of phenols is 2. The first kappa shape index (κ1) is 13.8. The van der Waals surface area contributed by atoms with E-state index in [9.17, 15) is 9.90 Å². The summed E-state index contributed by atoms with van der Waals surface area (Å²) in [4.78, 5) is 11.3. The highest BCUT2D eigenvalue weighted by Gasteiger charge is 1.99. The van der Waals surface area contributed by atoms with E-state index in [0.717, 1.165) is 5.57 Å². The van der Waals surface area contributed by atoms with E-state index in [-0.39, 0.29) is 18.1 Å². The number of rotatable bonds is 4. The van der Waals surface area contributed by atoms with Gasteiger partial charge in [-0.05, 0) is 43.7 Å². The van der Waals surface area contributed by atoms with E-state index in [1.165, 1.54) is 24.3 Å². The summed E-state index contributed by atoms with van der Waals surface area (Å²) >= 11 is 0. The quantitative estimate of drug-likeness (QED) is 0.372. The molecule has 0 saturated heterocycles. The lowest BCUT2D eigenvalue weighted by Gasteiger charge is -1.99. The van der Waals surface area contributed by atoms with Gasteiger partial charge in [0, 0.05) is 6.08 Å². The summed E-state index contributed by atoms with van der Waals surface area (Å²) in [6.45, 7) is 4.08. The maximum absolute atomic E-state index is 11.3. The highest BCUT2D eigenvalue weighted by molar-refractivity contribution is 5.87. The van der Waals surface area contributed by atoms with Crippen molar-refractivity contribution in [3.8, 4) is 11.5 Å². The van der Waals surface area contributed by atoms with Crippen molar-refractivity contribution in [1.29, 1.82) is 0 Å². The SMILES string of the molecule is CC(C)=CCOC(=O)/C=C/c1ccc(O)c(O)c1. The minimum absolute atomic E-state index is 0.196. The molecule has 0 unspecified atom stereocenters. The third-order valence-electron chi connectivity index (χ3n) is 2.13. The fraction of sp³-hybridized carbons (Fsp3) is 0.214. The lowest BCUT2D eigenvalue weighted by atomic mass is 10.2. The van der Waals surface area contributed by atoms with Gasteiger partial charge >= 0.3 is 5.97 Å². The molecule has 96 valence electrons. The minimum Gasteiger partial charge on any atom is -0.504 e. The van der Waals surface area contributed by atoms with E-state index in [2.05, 4.69) is 0 Å². The van der Waals surface area contributed by atoms with Gasteiger partial charge in [-0.15, -0.1) is 0 Å². The van der Waals surface area contributed by atoms with Gasteiger partial charge in [0.05, 0.1) is 0 Å². The Morgan fingerprint density at radius 2 is 2.00 bits per heavy atom. The zero-order valence-electron chi connectivity index (χ0n) is 10.4. The summed E-state index contributed by atoms with van der Waals surface area (Å²) in [6.07, 6.45) is 4.58. The van der Waals surface area contributed by atoms with Crippen molar-refractivity contribution in [2.24, 2.45) is 0 Å². The van der Waals surface area contributed by atoms with Crippen LogP contribution in [0.2, 0.25) is 0 Å². The van der Waals surface area contributed by atoms with Gasteiger partial charge in [-0.25, -0.2) is 4.79 Å². The van der Waals surface area contributed by atoms with Crippen LogP contribution < -0.4 is 0 Å². The van der Waals surface area contributed by atoms with Crippen LogP contribution in [0.5, 0.6) is 11.5 Å². The molecule has 0 bridgehead atoms. The van der Waals surface area contributed by atoms with Gasteiger partial charge in [0.2, 0.25) is 0 Å². The first-order valence-corrected chi connectivity index (χ1v) is 5.49. The zero-order chi connectivity index (χ0) is 13.5. The Balaban J connectivity index is 2.55. The molecule has 1 aromatic rings. The lowest BCUT2D eigenvalue weighted by Crippen LogP contribution is -2.00. The summed E-state index contributed by atoms with van der Waals surface area (Å²) in [5.74, 6) is -0.881. The molecule has 0 saturated carbocycles. The van der Waals surface area contributed by atoms with Crippen LogP contribution in [0.1, 0.15) is 19.4 Å². The Labute approximate surface area is 106 Å². The van der Waals surface area contributed by atoms with Crippen LogP contribution >= 0.6 is 0 Å². The smallest absolute Gasteiger partial charge is 0.331 e. The fourth-order valence-electron chi connectivity index (χ4n) is 1.15. The van der Waals surface area contributed by atoms with Gasteiger partial charge < -0.3 is 14.9 Å². The van der Waals surface area contributed by atoms with Crippen molar-refractivity contribution in [3.05, 3.63) is 41.5 Å². The standard InChI is InChI=1S/C14H16O4/c1-10(2)7-8-18-14(17)6-4-11-3-5-12(15)13(16)9-11/h3-7,9,15-16H,8H2,1-2H3/b6-4+. The number of hydrogen-bond acceptors (Lipinski definition) is 4. The highest BCUT2D eigenvalue weighted by atomic mass is 16.5. The van der Waals surface area contributed by atoms with Crippen LogP contribution in [0, 0.1) is 0 Å². The van der Waals surface area contributed by atoms with E-state index in [0.29, 0.717) is 5.56 Å². The maximum atomic E-state index is 11.3. The molecule has 2 N–H and O–H groups in total. The Morgan fingerprint density at radius 3 is 2.61 bits per heavy atom. The molecule has 4 heteroatoms. The molecule has 0 amide bonds. The number of esters is 1. The zero-order valence-corrected chi connectivity index (χ0v) is 10.4. The number of phenolic OH excluding ortho intramolecular Hbond substituents is 2. The summed E-state index contributed by atoms with van der Waals surface area (Å²) < 4.78 is 4.91. The van der Waals surface area contributed by atoms with Gasteiger partial charge in [0.1, 0.15) is 6.61 Å². The number of carbonyl (C=O) groups excluding carboxylic acids is 1. The van der Waals surface area contributed by atoms with Gasteiger partial charge in [-0.1, -0.05) is 11.6 Å². The monoisotopic (exact) mass is 248 g/mol. The molecule has 0 aliphatic rings. The lowest BCUT2D eigenvalue weighted by molar-refractivity contribution is -0.136. The summed E-state index contributed by atoms with van der Waals surface area (Å²) in [6, 6.07) is 4.29. The molecule has 1 rings (SSSR count). The number of carbonyl (C=O) groups is 1. The van der Waals surface area contributed by atoms with E-state index < -0.39 is 5.97 Å². The molecule has 1 aromatic carbocycles. The molecular weight excluding hydrogens is 232 g/mol. The second-order valence-electron chi connectivity index (χ2n) is 3.99. The Hall–Kier alpha value is -2.23. The van der Waals surface area contributed by atoms with Crippen molar-refractivity contribution < 1.29 is 19.7 Å². The Kier molecular flexibility index (Phi) is 4.99. The molecule has 0 radical (unpaired) electrons. The molecule has 0 aliphatic heterocycles. The van der Waals surface area contributed by atoms with Crippen molar-refractivity contribution in [1.82, 2.24) is 0 Å². The summed E-state index contributed by atoms with van der Waals surface area (Å²) in [7, 11) is 0. The third kappa shape index (κ3) is 4.74. The van der Waals surface area contributed by atoms with E-state index in [4.69, 9.17) is 9.84 Å². The van der Waals surface area contributed by atoms with Crippen LogP contribution in [0.3, 0.4) is 0 Å². The second-order valence-corrected chi connectivity index (χ2v) is 3.99. The number of allylic oxidation sites excluding steroid dienone is 1. The van der Waals surface area contributed by atoms with Crippen LogP contribution in [0.4, 0.5) is 0 Å². The van der Waals surface area contributed by atoms with Crippen molar-refractivity contribution >= 4 is 12.0 Å². The van der Waals surface area contributed by atoms with E-state index >= 15 is 0 Å². The Bertz CT molecular complexity index is 483. The highest BCUT2D eigenvalue weighted by Crippen LogP contribution is 2.25. The molecule has 0 spiro atoms. The van der Waals surface area contributed by atoms with Crippen molar-refractivity contribution in [2.45, 2.75) is 13.8 Å². The fourth-order valence-corrected chi connectivity index (χ4v) is 1.15. The normalized spacial score (nSPS) is 10.3. The average Bonchev–Trinajstić information content (AvgIpc) is 2.30. The predicted octanol–water partition coefficient (Wildman–Crippen LogP) is 2.62. The largest absolute Gasteiger partial charge is 0.504 e. The first-order valence-electron chi connectivity index (χ1n) is 5.49. The topological polar surface area (TPSA) is 66.8 Å². The molecule has 0 atom stereocenters. The number of ether oxygens (including phenoxy) is 1. The van der Waals surface area contributed by atoms with Gasteiger partial charge in [0.15, 0.2) is 11.5 Å². The molecule has 4 nitrogen and oxygen atoms in total. The van der Waals surface area contributed by atoms with Crippen molar-refractivity contribution in [2.75, 3.05) is 6.61 Å². The molecule has 0 fully saturated rings. The van der Waals surface area contributed by atoms with Crippen LogP contribution in [-0.4, -0.2) is 22.8 Å². The van der Waals surface area contributed by atoms with Crippen LogP contribution in [-0.2, 0) is 9.53 Å². The number of hydrogen-bond donors (Lipinski definition) is 2. The van der Waals surface area contributed by atoms with Crippen LogP contribution in [0.15, 0.2) is 35.9 Å². The van der Waals surface area contributed by atoms with E-state index in [1.807, 2.05) is 13.8 Å². The second kappa shape index (κ2) is 6.49. The van der Waals surface area contributed by atoms with Gasteiger partial charge in [-0.3, -0.25) is 0 Å². The molecule has 0 aliphatic carbocycles. The first-order chi connectivity index (χ1) is 8.49. The minimum atomic E-state index is -0.458.